The standard InChI is InChI=1S/C13H10F2N6OS/c1-21-11(19-20-13(21)23)10-8(5-16-18-10)17-12(22)9-6(14)3-2-4-7(9)15/h2-5H,1H3,(H,16,18)(H,17,22)(H,20,23). The van der Waals surface area contributed by atoms with Gasteiger partial charge in [-0.3, -0.25) is 15.0 Å². The predicted octanol–water partition coefficient (Wildman–Crippen LogP) is 2.40. The first kappa shape index (κ1) is 15.0. The highest BCUT2D eigenvalue weighted by Crippen LogP contribution is 2.24. The molecule has 0 aliphatic rings. The van der Waals surface area contributed by atoms with Crippen LogP contribution in [-0.2, 0) is 7.05 Å². The number of H-pyrrole nitrogens is 2. The zero-order chi connectivity index (χ0) is 16.6. The van der Waals surface area contributed by atoms with E-state index in [-0.39, 0.29) is 5.69 Å². The Bertz CT molecular complexity index is 924. The number of hydrogen-bond acceptors (Lipinski definition) is 4. The van der Waals surface area contributed by atoms with E-state index in [4.69, 9.17) is 12.2 Å². The molecule has 0 fully saturated rings. The van der Waals surface area contributed by atoms with E-state index in [1.165, 1.54) is 12.3 Å². The van der Waals surface area contributed by atoms with Crippen LogP contribution in [0.5, 0.6) is 0 Å². The number of amides is 1. The Kier molecular flexibility index (Phi) is 3.74. The van der Waals surface area contributed by atoms with Crippen molar-refractivity contribution in [2.24, 2.45) is 7.05 Å². The molecule has 0 atom stereocenters. The maximum atomic E-state index is 13.7. The molecule has 0 bridgehead atoms. The zero-order valence-electron chi connectivity index (χ0n) is 11.7. The van der Waals surface area contributed by atoms with Crippen LogP contribution in [0.3, 0.4) is 0 Å². The van der Waals surface area contributed by atoms with Gasteiger partial charge in [-0.05, 0) is 24.4 Å². The van der Waals surface area contributed by atoms with E-state index in [9.17, 15) is 13.6 Å². The monoisotopic (exact) mass is 336 g/mol. The van der Waals surface area contributed by atoms with Gasteiger partial charge in [-0.25, -0.2) is 8.78 Å². The van der Waals surface area contributed by atoms with Gasteiger partial charge >= 0.3 is 0 Å². The molecule has 0 radical (unpaired) electrons. The van der Waals surface area contributed by atoms with Crippen LogP contribution >= 0.6 is 12.2 Å². The van der Waals surface area contributed by atoms with Crippen LogP contribution in [0.15, 0.2) is 24.4 Å². The summed E-state index contributed by atoms with van der Waals surface area (Å²) >= 11 is 5.01. The predicted molar refractivity (Wildman–Crippen MR) is 80.3 cm³/mol. The van der Waals surface area contributed by atoms with Gasteiger partial charge in [0, 0.05) is 7.05 Å². The molecule has 2 aromatic heterocycles. The van der Waals surface area contributed by atoms with Gasteiger partial charge < -0.3 is 9.88 Å². The molecule has 3 rings (SSSR count). The average molecular weight is 336 g/mol. The lowest BCUT2D eigenvalue weighted by atomic mass is 10.2. The summed E-state index contributed by atoms with van der Waals surface area (Å²) in [4.78, 5) is 12.1. The Labute approximate surface area is 133 Å². The molecule has 23 heavy (non-hydrogen) atoms. The van der Waals surface area contributed by atoms with E-state index >= 15 is 0 Å². The van der Waals surface area contributed by atoms with E-state index in [0.717, 1.165) is 12.1 Å². The van der Waals surface area contributed by atoms with Crippen LogP contribution in [0.4, 0.5) is 14.5 Å². The van der Waals surface area contributed by atoms with Gasteiger partial charge in [-0.15, -0.1) is 0 Å². The van der Waals surface area contributed by atoms with Crippen molar-refractivity contribution < 1.29 is 13.6 Å². The smallest absolute Gasteiger partial charge is 0.261 e. The van der Waals surface area contributed by atoms with E-state index in [1.807, 2.05) is 0 Å². The SMILES string of the molecule is Cn1c(-c2[nH]ncc2NC(=O)c2c(F)cccc2F)n[nH]c1=S. The Morgan fingerprint density at radius 3 is 2.61 bits per heavy atom. The highest BCUT2D eigenvalue weighted by atomic mass is 32.1. The summed E-state index contributed by atoms with van der Waals surface area (Å²) in [5.74, 6) is -2.45. The summed E-state index contributed by atoms with van der Waals surface area (Å²) in [5.41, 5.74) is -0.102. The summed E-state index contributed by atoms with van der Waals surface area (Å²) in [6.07, 6.45) is 1.31. The van der Waals surface area contributed by atoms with Crippen molar-refractivity contribution in [3.8, 4) is 11.5 Å². The van der Waals surface area contributed by atoms with Crippen molar-refractivity contribution in [1.82, 2.24) is 25.0 Å². The molecular weight excluding hydrogens is 326 g/mol. The van der Waals surface area contributed by atoms with Gasteiger partial charge in [-0.2, -0.15) is 10.2 Å². The molecule has 0 aliphatic heterocycles. The van der Waals surface area contributed by atoms with Crippen molar-refractivity contribution in [2.75, 3.05) is 5.32 Å². The Hall–Kier alpha value is -2.88. The molecule has 1 amide bonds. The number of carbonyl (C=O) groups is 1. The van der Waals surface area contributed by atoms with Gasteiger partial charge in [0.05, 0.1) is 11.9 Å². The number of benzene rings is 1. The topological polar surface area (TPSA) is 91.4 Å². The number of nitrogens with one attached hydrogen (secondary N) is 3. The normalized spacial score (nSPS) is 10.7. The van der Waals surface area contributed by atoms with Crippen LogP contribution in [0.1, 0.15) is 10.4 Å². The lowest BCUT2D eigenvalue weighted by molar-refractivity contribution is 0.101. The Morgan fingerprint density at radius 2 is 2.00 bits per heavy atom. The Balaban J connectivity index is 1.96. The first-order valence-electron chi connectivity index (χ1n) is 6.39. The molecule has 0 unspecified atom stereocenters. The van der Waals surface area contributed by atoms with Gasteiger partial charge in [0.15, 0.2) is 10.6 Å². The third-order valence-electron chi connectivity index (χ3n) is 3.18. The fourth-order valence-corrected chi connectivity index (χ4v) is 2.15. The number of halogens is 2. The first-order valence-corrected chi connectivity index (χ1v) is 6.80. The van der Waals surface area contributed by atoms with Crippen LogP contribution in [0, 0.1) is 16.4 Å². The van der Waals surface area contributed by atoms with Crippen LogP contribution in [-0.4, -0.2) is 30.9 Å². The molecule has 0 aliphatic carbocycles. The lowest BCUT2D eigenvalue weighted by Crippen LogP contribution is -2.16. The number of aromatic amines is 2. The number of carbonyl (C=O) groups excluding carboxylic acids is 1. The second-order valence-corrected chi connectivity index (χ2v) is 5.01. The highest BCUT2D eigenvalue weighted by molar-refractivity contribution is 7.71. The number of anilines is 1. The molecule has 10 heteroatoms. The molecule has 1 aromatic carbocycles. The van der Waals surface area contributed by atoms with E-state index in [1.54, 1.807) is 11.6 Å². The first-order chi connectivity index (χ1) is 11.0. The average Bonchev–Trinajstić information content (AvgIpc) is 3.07. The van der Waals surface area contributed by atoms with Crippen molar-refractivity contribution in [1.29, 1.82) is 0 Å². The summed E-state index contributed by atoms with van der Waals surface area (Å²) in [6, 6.07) is 3.19. The molecule has 3 aromatic rings. The summed E-state index contributed by atoms with van der Waals surface area (Å²) in [5, 5.41) is 15.5. The minimum Gasteiger partial charge on any atom is -0.318 e. The number of aromatic nitrogens is 5. The molecule has 118 valence electrons. The second-order valence-electron chi connectivity index (χ2n) is 4.62. The molecule has 3 N–H and O–H groups in total. The van der Waals surface area contributed by atoms with Crippen molar-refractivity contribution >= 4 is 23.8 Å². The zero-order valence-corrected chi connectivity index (χ0v) is 12.5. The van der Waals surface area contributed by atoms with E-state index in [0.29, 0.717) is 16.3 Å². The van der Waals surface area contributed by atoms with Crippen molar-refractivity contribution in [3.05, 3.63) is 46.4 Å². The van der Waals surface area contributed by atoms with Gasteiger partial charge in [0.1, 0.15) is 22.9 Å². The molecule has 0 saturated carbocycles. The maximum Gasteiger partial charge on any atom is 0.261 e. The van der Waals surface area contributed by atoms with E-state index in [2.05, 4.69) is 25.7 Å². The minimum absolute atomic E-state index is 0.217. The van der Waals surface area contributed by atoms with Crippen LogP contribution < -0.4 is 5.32 Å². The van der Waals surface area contributed by atoms with Crippen molar-refractivity contribution in [3.63, 3.8) is 0 Å². The summed E-state index contributed by atoms with van der Waals surface area (Å²) in [7, 11) is 1.67. The maximum absolute atomic E-state index is 13.7. The van der Waals surface area contributed by atoms with Crippen LogP contribution in [0.2, 0.25) is 0 Å². The highest BCUT2D eigenvalue weighted by Gasteiger charge is 2.20. The third-order valence-corrected chi connectivity index (χ3v) is 3.55. The van der Waals surface area contributed by atoms with Crippen molar-refractivity contribution in [2.45, 2.75) is 0 Å². The van der Waals surface area contributed by atoms with Gasteiger partial charge in [0.2, 0.25) is 0 Å². The largest absolute Gasteiger partial charge is 0.318 e. The molecule has 0 spiro atoms. The minimum atomic E-state index is -0.953. The van der Waals surface area contributed by atoms with Gasteiger partial charge in [0.25, 0.3) is 5.91 Å². The summed E-state index contributed by atoms with van der Waals surface area (Å²) in [6.45, 7) is 0. The van der Waals surface area contributed by atoms with Gasteiger partial charge in [-0.1, -0.05) is 6.07 Å². The summed E-state index contributed by atoms with van der Waals surface area (Å²) < 4.78 is 29.2. The van der Waals surface area contributed by atoms with E-state index < -0.39 is 23.1 Å². The lowest BCUT2D eigenvalue weighted by Gasteiger charge is -2.07. The second kappa shape index (κ2) is 5.72. The number of rotatable bonds is 3. The molecule has 2 heterocycles. The number of hydrogen-bond donors (Lipinski definition) is 3. The number of nitrogens with zero attached hydrogens (tertiary/aromatic N) is 3. The fraction of sp³-hybridized carbons (Fsp3) is 0.0769. The molecule has 7 nitrogen and oxygen atoms in total. The fourth-order valence-electron chi connectivity index (χ4n) is 2.02. The molecular formula is C13H10F2N6OS. The molecule has 0 saturated heterocycles. The third kappa shape index (κ3) is 2.63. The quantitative estimate of drug-likeness (QED) is 0.641. The van der Waals surface area contributed by atoms with Crippen LogP contribution in [0.25, 0.3) is 11.5 Å². The Morgan fingerprint density at radius 1 is 1.30 bits per heavy atom.